The van der Waals surface area contributed by atoms with Crippen molar-refractivity contribution in [2.75, 3.05) is 13.7 Å². The highest BCUT2D eigenvalue weighted by molar-refractivity contribution is 5.85. The van der Waals surface area contributed by atoms with Gasteiger partial charge in [0.25, 0.3) is 0 Å². The van der Waals surface area contributed by atoms with Crippen LogP contribution in [-0.4, -0.2) is 83.2 Å². The molecule has 0 amide bonds. The van der Waals surface area contributed by atoms with Crippen molar-refractivity contribution in [3.05, 3.63) is 11.6 Å². The molecule has 0 aromatic rings. The SMILES string of the molecule is COC1CC(OC2CC[C@]3(C=O)C4CC[C@]5(C)C(C6=CC(=O)OC6)CC[C@]5(O)C4CC[C@]3(O)C2)OC(C)C1O. The largest absolute Gasteiger partial charge is 0.458 e. The molecule has 0 bridgehead atoms. The minimum Gasteiger partial charge on any atom is -0.458 e. The van der Waals surface area contributed by atoms with E-state index in [2.05, 4.69) is 6.92 Å². The van der Waals surface area contributed by atoms with Crippen LogP contribution in [0.25, 0.3) is 0 Å². The van der Waals surface area contributed by atoms with Crippen molar-refractivity contribution < 1.29 is 43.9 Å². The minimum atomic E-state index is -1.21. The van der Waals surface area contributed by atoms with Gasteiger partial charge in [0.1, 0.15) is 19.0 Å². The van der Waals surface area contributed by atoms with Crippen LogP contribution in [0.5, 0.6) is 0 Å². The molecule has 9 heteroatoms. The fraction of sp³-hybridized carbons (Fsp3) is 0.867. The highest BCUT2D eigenvalue weighted by atomic mass is 16.7. The molecule has 218 valence electrons. The molecule has 2 heterocycles. The molecule has 39 heavy (non-hydrogen) atoms. The van der Waals surface area contributed by atoms with E-state index in [1.807, 2.05) is 0 Å². The van der Waals surface area contributed by atoms with E-state index in [4.69, 9.17) is 18.9 Å². The van der Waals surface area contributed by atoms with Gasteiger partial charge in [-0.15, -0.1) is 0 Å². The Morgan fingerprint density at radius 3 is 2.54 bits per heavy atom. The van der Waals surface area contributed by atoms with Gasteiger partial charge in [-0.2, -0.15) is 0 Å². The van der Waals surface area contributed by atoms with Gasteiger partial charge in [-0.25, -0.2) is 4.79 Å². The molecule has 4 aliphatic carbocycles. The van der Waals surface area contributed by atoms with Crippen LogP contribution in [0.15, 0.2) is 11.6 Å². The minimum absolute atomic E-state index is 0.0827. The molecule has 6 rings (SSSR count). The lowest BCUT2D eigenvalue weighted by Gasteiger charge is -2.65. The molecule has 12 atom stereocenters. The molecule has 5 fully saturated rings. The number of fused-ring (bicyclic) bond motifs is 5. The van der Waals surface area contributed by atoms with E-state index in [1.165, 1.54) is 0 Å². The maximum absolute atomic E-state index is 13.0. The predicted octanol–water partition coefficient (Wildman–Crippen LogP) is 2.43. The molecule has 2 aliphatic heterocycles. The Hall–Kier alpha value is -1.36. The molecule has 6 aliphatic rings. The first-order valence-electron chi connectivity index (χ1n) is 14.8. The third-order valence-electron chi connectivity index (χ3n) is 12.1. The first-order valence-corrected chi connectivity index (χ1v) is 14.8. The Morgan fingerprint density at radius 2 is 1.85 bits per heavy atom. The maximum atomic E-state index is 13.0. The van der Waals surface area contributed by atoms with Crippen LogP contribution in [-0.2, 0) is 28.5 Å². The normalized spacial score (nSPS) is 53.3. The van der Waals surface area contributed by atoms with Gasteiger partial charge in [-0.3, -0.25) is 0 Å². The summed E-state index contributed by atoms with van der Waals surface area (Å²) in [5.41, 5.74) is -2.52. The van der Waals surface area contributed by atoms with Crippen LogP contribution in [0.3, 0.4) is 0 Å². The topological polar surface area (TPSA) is 132 Å². The maximum Gasteiger partial charge on any atom is 0.331 e. The molecule has 0 radical (unpaired) electrons. The number of cyclic esters (lactones) is 1. The first-order chi connectivity index (χ1) is 18.5. The fourth-order valence-corrected chi connectivity index (χ4v) is 9.98. The molecule has 0 aromatic carbocycles. The number of rotatable bonds is 5. The molecule has 4 saturated carbocycles. The van der Waals surface area contributed by atoms with Crippen molar-refractivity contribution in [3.63, 3.8) is 0 Å². The van der Waals surface area contributed by atoms with Gasteiger partial charge in [-0.1, -0.05) is 6.92 Å². The number of aliphatic hydroxyl groups excluding tert-OH is 1. The monoisotopic (exact) mass is 548 g/mol. The Kier molecular flexibility index (Phi) is 6.84. The second-order valence-corrected chi connectivity index (χ2v) is 13.5. The summed E-state index contributed by atoms with van der Waals surface area (Å²) in [6.45, 7) is 4.25. The second kappa shape index (κ2) is 9.60. The smallest absolute Gasteiger partial charge is 0.331 e. The van der Waals surface area contributed by atoms with E-state index < -0.39 is 40.5 Å². The van der Waals surface area contributed by atoms with Crippen LogP contribution in [0.4, 0.5) is 0 Å². The summed E-state index contributed by atoms with van der Waals surface area (Å²) in [5, 5.41) is 34.8. The fourth-order valence-electron chi connectivity index (χ4n) is 9.98. The Labute approximate surface area is 230 Å². The van der Waals surface area contributed by atoms with Crippen LogP contribution in [0.1, 0.15) is 78.1 Å². The summed E-state index contributed by atoms with van der Waals surface area (Å²) in [4.78, 5) is 24.8. The summed E-state index contributed by atoms with van der Waals surface area (Å²) >= 11 is 0. The Bertz CT molecular complexity index is 1030. The molecule has 9 nitrogen and oxygen atoms in total. The molecule has 0 spiro atoms. The third-order valence-corrected chi connectivity index (χ3v) is 12.1. The number of methoxy groups -OCH3 is 1. The van der Waals surface area contributed by atoms with E-state index in [-0.39, 0.29) is 35.9 Å². The number of hydrogen-bond acceptors (Lipinski definition) is 9. The number of hydrogen-bond donors (Lipinski definition) is 3. The van der Waals surface area contributed by atoms with Crippen LogP contribution >= 0.6 is 0 Å². The van der Waals surface area contributed by atoms with Crippen molar-refractivity contribution in [2.24, 2.45) is 28.6 Å². The van der Waals surface area contributed by atoms with Gasteiger partial charge in [0, 0.05) is 31.4 Å². The van der Waals surface area contributed by atoms with E-state index in [0.717, 1.165) is 31.1 Å². The van der Waals surface area contributed by atoms with E-state index >= 15 is 0 Å². The number of aliphatic hydroxyl groups is 3. The molecular formula is C30H44O9. The summed E-state index contributed by atoms with van der Waals surface area (Å²) in [5.74, 6) is -0.420. The number of carbonyl (C=O) groups excluding carboxylic acids is 2. The van der Waals surface area contributed by atoms with Crippen molar-refractivity contribution in [2.45, 2.75) is 120 Å². The van der Waals surface area contributed by atoms with Gasteiger partial charge in [-0.05, 0) is 81.6 Å². The standard InChI is InChI=1S/C30H44O9/c1-17-26(33)23(36-3)13-25(38-17)39-19-4-9-28(16-31)21-5-8-27(2)20(18-12-24(32)37-15-18)7-11-30(27,35)22(21)6-10-29(28,34)14-19/h12,16-17,19-23,25-26,33-35H,4-11,13-15H2,1-3H3/t17?,19?,20?,21?,22?,23?,25?,26?,27-,28+,29+,30+/m1/s1. The summed E-state index contributed by atoms with van der Waals surface area (Å²) < 4.78 is 22.9. The second-order valence-electron chi connectivity index (χ2n) is 13.5. The van der Waals surface area contributed by atoms with Gasteiger partial charge in [0.2, 0.25) is 0 Å². The van der Waals surface area contributed by atoms with Crippen molar-refractivity contribution in [3.8, 4) is 0 Å². The quantitative estimate of drug-likeness (QED) is 0.269. The van der Waals surface area contributed by atoms with Gasteiger partial charge in [0.05, 0.1) is 34.9 Å². The number of aldehydes is 1. The number of ether oxygens (including phenoxy) is 4. The Balaban J connectivity index is 1.21. The molecular weight excluding hydrogens is 504 g/mol. The van der Waals surface area contributed by atoms with Gasteiger partial charge < -0.3 is 39.1 Å². The first kappa shape index (κ1) is 27.8. The van der Waals surface area contributed by atoms with E-state index in [0.29, 0.717) is 51.6 Å². The lowest BCUT2D eigenvalue weighted by molar-refractivity contribution is -0.287. The van der Waals surface area contributed by atoms with Crippen LogP contribution in [0, 0.1) is 28.6 Å². The molecule has 8 unspecified atom stereocenters. The molecule has 3 N–H and O–H groups in total. The average molecular weight is 549 g/mol. The van der Waals surface area contributed by atoms with E-state index in [1.54, 1.807) is 20.1 Å². The summed E-state index contributed by atoms with van der Waals surface area (Å²) in [7, 11) is 1.57. The Morgan fingerprint density at radius 1 is 1.08 bits per heavy atom. The predicted molar refractivity (Wildman–Crippen MR) is 138 cm³/mol. The van der Waals surface area contributed by atoms with E-state index in [9.17, 15) is 24.9 Å². The number of esters is 1. The van der Waals surface area contributed by atoms with Gasteiger partial charge >= 0.3 is 5.97 Å². The number of carbonyl (C=O) groups is 2. The van der Waals surface area contributed by atoms with Crippen molar-refractivity contribution >= 4 is 12.3 Å². The van der Waals surface area contributed by atoms with Gasteiger partial charge in [0.15, 0.2) is 6.29 Å². The van der Waals surface area contributed by atoms with Crippen molar-refractivity contribution in [1.29, 1.82) is 0 Å². The highest BCUT2D eigenvalue weighted by Crippen LogP contribution is 2.70. The lowest BCUT2D eigenvalue weighted by atomic mass is 9.41. The van der Waals surface area contributed by atoms with Crippen LogP contribution < -0.4 is 0 Å². The van der Waals surface area contributed by atoms with Crippen molar-refractivity contribution in [1.82, 2.24) is 0 Å². The average Bonchev–Trinajstić information content (AvgIpc) is 3.45. The lowest BCUT2D eigenvalue weighted by Crippen LogP contribution is -2.69. The molecule has 1 saturated heterocycles. The third kappa shape index (κ3) is 3.94. The highest BCUT2D eigenvalue weighted by Gasteiger charge is 2.71. The van der Waals surface area contributed by atoms with Crippen LogP contribution in [0.2, 0.25) is 0 Å². The summed E-state index contributed by atoms with van der Waals surface area (Å²) in [6, 6.07) is 0. The zero-order chi connectivity index (χ0) is 27.8. The summed E-state index contributed by atoms with van der Waals surface area (Å²) in [6.07, 6.45) is 6.10. The molecule has 0 aromatic heterocycles. The zero-order valence-electron chi connectivity index (χ0n) is 23.3. The zero-order valence-corrected chi connectivity index (χ0v) is 23.3.